The lowest BCUT2D eigenvalue weighted by molar-refractivity contribution is 0.378. The first-order valence-electron chi connectivity index (χ1n) is 5.35. The topological polar surface area (TPSA) is 59.9 Å². The Labute approximate surface area is 99.6 Å². The molecule has 1 N–H and O–H groups in total. The van der Waals surface area contributed by atoms with Gasteiger partial charge in [-0.1, -0.05) is 12.8 Å². The van der Waals surface area contributed by atoms with Gasteiger partial charge in [-0.3, -0.25) is 0 Å². The Hall–Kier alpha value is -1.10. The van der Waals surface area contributed by atoms with Crippen molar-refractivity contribution >= 4 is 17.5 Å². The van der Waals surface area contributed by atoms with Gasteiger partial charge in [-0.15, -0.1) is 0 Å². The van der Waals surface area contributed by atoms with Gasteiger partial charge in [0.05, 0.1) is 7.11 Å². The number of anilines is 1. The Balaban J connectivity index is 2.17. The SMILES string of the molecule is COc1nc(Cl)nc(NC2(C)CCCC2)n1. The van der Waals surface area contributed by atoms with Crippen molar-refractivity contribution in [2.24, 2.45) is 0 Å². The molecule has 1 aliphatic rings. The summed E-state index contributed by atoms with van der Waals surface area (Å²) in [7, 11) is 1.51. The summed E-state index contributed by atoms with van der Waals surface area (Å²) in [5, 5.41) is 3.46. The average molecular weight is 243 g/mol. The fourth-order valence-electron chi connectivity index (χ4n) is 2.03. The minimum atomic E-state index is 0.0652. The van der Waals surface area contributed by atoms with Crippen molar-refractivity contribution in [2.75, 3.05) is 12.4 Å². The van der Waals surface area contributed by atoms with Crippen molar-refractivity contribution in [3.05, 3.63) is 5.28 Å². The highest BCUT2D eigenvalue weighted by atomic mass is 35.5. The molecule has 1 fully saturated rings. The molecule has 1 aromatic heterocycles. The highest BCUT2D eigenvalue weighted by Crippen LogP contribution is 2.31. The maximum absolute atomic E-state index is 5.78. The zero-order chi connectivity index (χ0) is 11.6. The van der Waals surface area contributed by atoms with Crippen LogP contribution in [0.2, 0.25) is 5.28 Å². The summed E-state index contributed by atoms with van der Waals surface area (Å²) < 4.78 is 4.95. The van der Waals surface area contributed by atoms with Crippen LogP contribution in [-0.2, 0) is 0 Å². The van der Waals surface area contributed by atoms with E-state index in [9.17, 15) is 0 Å². The van der Waals surface area contributed by atoms with Gasteiger partial charge < -0.3 is 10.1 Å². The summed E-state index contributed by atoms with van der Waals surface area (Å²) in [5.41, 5.74) is 0.0652. The summed E-state index contributed by atoms with van der Waals surface area (Å²) >= 11 is 5.78. The van der Waals surface area contributed by atoms with Crippen LogP contribution in [0, 0.1) is 0 Å². The number of hydrogen-bond acceptors (Lipinski definition) is 5. The standard InChI is InChI=1S/C10H15ClN4O/c1-10(5-3-4-6-10)15-8-12-7(11)13-9(14-8)16-2/h3-6H2,1-2H3,(H,12,13,14,15). The monoisotopic (exact) mass is 242 g/mol. The van der Waals surface area contributed by atoms with Gasteiger partial charge in [0.2, 0.25) is 11.2 Å². The molecule has 0 amide bonds. The second-order valence-electron chi connectivity index (χ2n) is 4.31. The molecule has 88 valence electrons. The number of ether oxygens (including phenoxy) is 1. The molecule has 0 aliphatic heterocycles. The molecule has 0 radical (unpaired) electrons. The van der Waals surface area contributed by atoms with Crippen molar-refractivity contribution in [3.63, 3.8) is 0 Å². The number of aromatic nitrogens is 3. The van der Waals surface area contributed by atoms with Crippen LogP contribution in [0.15, 0.2) is 0 Å². The van der Waals surface area contributed by atoms with Crippen LogP contribution in [-0.4, -0.2) is 27.6 Å². The van der Waals surface area contributed by atoms with Gasteiger partial charge in [0.25, 0.3) is 0 Å². The van der Waals surface area contributed by atoms with Gasteiger partial charge in [0.15, 0.2) is 0 Å². The number of nitrogens with zero attached hydrogens (tertiary/aromatic N) is 3. The molecule has 0 aromatic carbocycles. The van der Waals surface area contributed by atoms with Crippen LogP contribution < -0.4 is 10.1 Å². The molecule has 1 aliphatic carbocycles. The van der Waals surface area contributed by atoms with E-state index in [0.717, 1.165) is 12.8 Å². The Morgan fingerprint density at radius 1 is 1.25 bits per heavy atom. The van der Waals surface area contributed by atoms with E-state index in [1.807, 2.05) is 0 Å². The van der Waals surface area contributed by atoms with Crippen LogP contribution in [0.4, 0.5) is 5.95 Å². The largest absolute Gasteiger partial charge is 0.467 e. The molecule has 0 spiro atoms. The van der Waals surface area contributed by atoms with E-state index >= 15 is 0 Å². The molecule has 0 unspecified atom stereocenters. The van der Waals surface area contributed by atoms with E-state index in [1.165, 1.54) is 20.0 Å². The van der Waals surface area contributed by atoms with E-state index in [0.29, 0.717) is 5.95 Å². The van der Waals surface area contributed by atoms with Crippen molar-refractivity contribution in [1.29, 1.82) is 0 Å². The third-order valence-corrected chi connectivity index (χ3v) is 3.06. The van der Waals surface area contributed by atoms with E-state index in [2.05, 4.69) is 27.2 Å². The van der Waals surface area contributed by atoms with E-state index in [1.54, 1.807) is 0 Å². The van der Waals surface area contributed by atoms with Crippen molar-refractivity contribution < 1.29 is 4.74 Å². The predicted octanol–water partition coefficient (Wildman–Crippen LogP) is 2.28. The van der Waals surface area contributed by atoms with Crippen molar-refractivity contribution in [2.45, 2.75) is 38.1 Å². The molecule has 0 saturated heterocycles. The Morgan fingerprint density at radius 2 is 1.94 bits per heavy atom. The minimum Gasteiger partial charge on any atom is -0.467 e. The van der Waals surface area contributed by atoms with Crippen LogP contribution in [0.25, 0.3) is 0 Å². The van der Waals surface area contributed by atoms with Gasteiger partial charge in [0.1, 0.15) is 0 Å². The van der Waals surface area contributed by atoms with Crippen molar-refractivity contribution in [1.82, 2.24) is 15.0 Å². The molecule has 1 saturated carbocycles. The maximum Gasteiger partial charge on any atom is 0.322 e. The van der Waals surface area contributed by atoms with Gasteiger partial charge in [-0.05, 0) is 31.4 Å². The summed E-state index contributed by atoms with van der Waals surface area (Å²) in [4.78, 5) is 12.0. The number of halogens is 1. The lowest BCUT2D eigenvalue weighted by Gasteiger charge is -2.25. The molecule has 6 heteroatoms. The minimum absolute atomic E-state index is 0.0652. The first-order valence-corrected chi connectivity index (χ1v) is 5.73. The lowest BCUT2D eigenvalue weighted by atomic mass is 10.0. The van der Waals surface area contributed by atoms with Gasteiger partial charge in [-0.2, -0.15) is 15.0 Å². The third-order valence-electron chi connectivity index (χ3n) is 2.89. The average Bonchev–Trinajstić information content (AvgIpc) is 2.63. The highest BCUT2D eigenvalue weighted by Gasteiger charge is 2.29. The van der Waals surface area contributed by atoms with Crippen LogP contribution in [0.5, 0.6) is 6.01 Å². The zero-order valence-electron chi connectivity index (χ0n) is 9.46. The zero-order valence-corrected chi connectivity index (χ0v) is 10.2. The smallest absolute Gasteiger partial charge is 0.322 e. The number of rotatable bonds is 3. The normalized spacial score (nSPS) is 18.4. The number of hydrogen-bond donors (Lipinski definition) is 1. The summed E-state index contributed by atoms with van der Waals surface area (Å²) in [5.74, 6) is 0.487. The highest BCUT2D eigenvalue weighted by molar-refractivity contribution is 6.28. The fraction of sp³-hybridized carbons (Fsp3) is 0.700. The molecule has 16 heavy (non-hydrogen) atoms. The molecule has 2 rings (SSSR count). The Morgan fingerprint density at radius 3 is 2.56 bits per heavy atom. The Bertz CT molecular complexity index is 379. The van der Waals surface area contributed by atoms with Gasteiger partial charge in [-0.25, -0.2) is 0 Å². The molecule has 1 heterocycles. The summed E-state index contributed by atoms with van der Waals surface area (Å²) in [6.45, 7) is 2.17. The first kappa shape index (κ1) is 11.4. The van der Waals surface area contributed by atoms with Crippen molar-refractivity contribution in [3.8, 4) is 6.01 Å². The van der Waals surface area contributed by atoms with E-state index in [-0.39, 0.29) is 16.8 Å². The first-order chi connectivity index (χ1) is 7.61. The summed E-state index contributed by atoms with van der Waals surface area (Å²) in [6, 6.07) is 0.240. The molecule has 0 bridgehead atoms. The van der Waals surface area contributed by atoms with Crippen LogP contribution in [0.3, 0.4) is 0 Å². The predicted molar refractivity (Wildman–Crippen MR) is 61.9 cm³/mol. The molecular weight excluding hydrogens is 228 g/mol. The van der Waals surface area contributed by atoms with E-state index in [4.69, 9.17) is 16.3 Å². The third kappa shape index (κ3) is 2.52. The van der Waals surface area contributed by atoms with E-state index < -0.39 is 0 Å². The second-order valence-corrected chi connectivity index (χ2v) is 4.65. The quantitative estimate of drug-likeness (QED) is 0.881. The molecule has 0 atom stereocenters. The number of nitrogens with one attached hydrogen (secondary N) is 1. The molecule has 1 aromatic rings. The number of methoxy groups -OCH3 is 1. The Kier molecular flexibility index (Phi) is 3.14. The fourth-order valence-corrected chi connectivity index (χ4v) is 2.18. The van der Waals surface area contributed by atoms with Crippen LogP contribution in [0.1, 0.15) is 32.6 Å². The molecular formula is C10H15ClN4O. The second kappa shape index (κ2) is 4.41. The molecule has 5 nitrogen and oxygen atoms in total. The van der Waals surface area contributed by atoms with Gasteiger partial charge in [0, 0.05) is 5.54 Å². The maximum atomic E-state index is 5.78. The van der Waals surface area contributed by atoms with Crippen LogP contribution >= 0.6 is 11.6 Å². The van der Waals surface area contributed by atoms with Gasteiger partial charge >= 0.3 is 6.01 Å². The lowest BCUT2D eigenvalue weighted by Crippen LogP contribution is -2.31. The summed E-state index contributed by atoms with van der Waals surface area (Å²) in [6.07, 6.45) is 4.72.